The second-order valence-corrected chi connectivity index (χ2v) is 8.31. The Morgan fingerprint density at radius 3 is 2.71 bits per heavy atom. The summed E-state index contributed by atoms with van der Waals surface area (Å²) in [6.45, 7) is 2.13. The number of rotatable bonds is 8. The van der Waals surface area contributed by atoms with E-state index in [2.05, 4.69) is 20.8 Å². The Hall–Kier alpha value is -2.82. The van der Waals surface area contributed by atoms with Gasteiger partial charge in [0.15, 0.2) is 11.0 Å². The third kappa shape index (κ3) is 5.87. The molecule has 0 saturated heterocycles. The fourth-order valence-corrected chi connectivity index (χ4v) is 3.69. The SMILES string of the molecule is Cc1ccc([N+](=O)[O-])cc1NC(=O)CSc1nnc(CNc2cc(Cl)ccc2Cl)n1C. The normalized spacial score (nSPS) is 10.7. The fourth-order valence-electron chi connectivity index (χ4n) is 2.61. The van der Waals surface area contributed by atoms with E-state index in [1.54, 1.807) is 42.8 Å². The predicted octanol–water partition coefficient (Wildman–Crippen LogP) is 4.68. The molecule has 1 amide bonds. The maximum absolute atomic E-state index is 12.3. The van der Waals surface area contributed by atoms with Crippen LogP contribution in [0.3, 0.4) is 0 Å². The molecule has 1 aromatic heterocycles. The van der Waals surface area contributed by atoms with Crippen molar-refractivity contribution in [1.82, 2.24) is 14.8 Å². The lowest BCUT2D eigenvalue weighted by atomic mass is 10.2. The molecule has 0 saturated carbocycles. The van der Waals surface area contributed by atoms with Gasteiger partial charge in [0.1, 0.15) is 0 Å². The first-order valence-electron chi connectivity index (χ1n) is 8.99. The van der Waals surface area contributed by atoms with Gasteiger partial charge in [-0.05, 0) is 30.7 Å². The van der Waals surface area contributed by atoms with Crippen LogP contribution < -0.4 is 10.6 Å². The Labute approximate surface area is 192 Å². The number of aryl methyl sites for hydroxylation is 1. The molecule has 31 heavy (non-hydrogen) atoms. The number of nitrogens with one attached hydrogen (secondary N) is 2. The van der Waals surface area contributed by atoms with Gasteiger partial charge in [0, 0.05) is 24.2 Å². The molecule has 162 valence electrons. The highest BCUT2D eigenvalue weighted by atomic mass is 35.5. The number of halogens is 2. The molecule has 2 aromatic carbocycles. The third-order valence-electron chi connectivity index (χ3n) is 4.33. The molecule has 9 nitrogen and oxygen atoms in total. The van der Waals surface area contributed by atoms with E-state index in [0.29, 0.717) is 38.9 Å². The van der Waals surface area contributed by atoms with Crippen molar-refractivity contribution in [3.05, 3.63) is 67.9 Å². The van der Waals surface area contributed by atoms with Gasteiger partial charge in [-0.2, -0.15) is 0 Å². The quantitative estimate of drug-likeness (QED) is 0.273. The predicted molar refractivity (Wildman–Crippen MR) is 122 cm³/mol. The molecule has 0 bridgehead atoms. The Bertz CT molecular complexity index is 1140. The summed E-state index contributed by atoms with van der Waals surface area (Å²) >= 11 is 13.3. The van der Waals surface area contributed by atoms with Gasteiger partial charge < -0.3 is 15.2 Å². The Morgan fingerprint density at radius 1 is 1.19 bits per heavy atom. The van der Waals surface area contributed by atoms with E-state index >= 15 is 0 Å². The molecule has 0 atom stereocenters. The molecule has 0 radical (unpaired) electrons. The molecule has 0 aliphatic carbocycles. The van der Waals surface area contributed by atoms with Crippen LogP contribution in [-0.4, -0.2) is 31.3 Å². The number of hydrogen-bond acceptors (Lipinski definition) is 7. The number of aromatic nitrogens is 3. The Balaban J connectivity index is 1.58. The highest BCUT2D eigenvalue weighted by Gasteiger charge is 2.14. The van der Waals surface area contributed by atoms with E-state index < -0.39 is 4.92 Å². The first-order valence-corrected chi connectivity index (χ1v) is 10.7. The number of thioether (sulfide) groups is 1. The van der Waals surface area contributed by atoms with Crippen LogP contribution in [0.4, 0.5) is 17.1 Å². The number of carbonyl (C=O) groups is 1. The number of non-ortho nitro benzene ring substituents is 1. The smallest absolute Gasteiger partial charge is 0.271 e. The number of carbonyl (C=O) groups excluding carboxylic acids is 1. The van der Waals surface area contributed by atoms with Crippen LogP contribution in [0.1, 0.15) is 11.4 Å². The van der Waals surface area contributed by atoms with Crippen molar-refractivity contribution < 1.29 is 9.72 Å². The molecular formula is C19H18Cl2N6O3S. The zero-order valence-corrected chi connectivity index (χ0v) is 18.9. The summed E-state index contributed by atoms with van der Waals surface area (Å²) in [6, 6.07) is 9.44. The topological polar surface area (TPSA) is 115 Å². The van der Waals surface area contributed by atoms with Gasteiger partial charge in [0.05, 0.1) is 33.6 Å². The van der Waals surface area contributed by atoms with Gasteiger partial charge in [-0.3, -0.25) is 14.9 Å². The van der Waals surface area contributed by atoms with E-state index in [-0.39, 0.29) is 17.3 Å². The van der Waals surface area contributed by atoms with Crippen LogP contribution in [0.15, 0.2) is 41.6 Å². The molecule has 0 aliphatic heterocycles. The van der Waals surface area contributed by atoms with Gasteiger partial charge in [0.2, 0.25) is 5.91 Å². The number of nitro groups is 1. The van der Waals surface area contributed by atoms with E-state index in [9.17, 15) is 14.9 Å². The minimum absolute atomic E-state index is 0.0711. The second kappa shape index (κ2) is 9.99. The molecular weight excluding hydrogens is 463 g/mol. The summed E-state index contributed by atoms with van der Waals surface area (Å²) in [7, 11) is 1.79. The van der Waals surface area contributed by atoms with Gasteiger partial charge in [-0.25, -0.2) is 0 Å². The van der Waals surface area contributed by atoms with Crippen LogP contribution in [-0.2, 0) is 18.4 Å². The second-order valence-electron chi connectivity index (χ2n) is 6.53. The first kappa shape index (κ1) is 22.9. The molecule has 0 fully saturated rings. The molecule has 0 aliphatic rings. The number of anilines is 2. The van der Waals surface area contributed by atoms with Crippen LogP contribution in [0.25, 0.3) is 0 Å². The largest absolute Gasteiger partial charge is 0.376 e. The molecule has 3 rings (SSSR count). The Morgan fingerprint density at radius 2 is 1.97 bits per heavy atom. The van der Waals surface area contributed by atoms with Gasteiger partial charge >= 0.3 is 0 Å². The van der Waals surface area contributed by atoms with E-state index in [1.807, 2.05) is 0 Å². The summed E-state index contributed by atoms with van der Waals surface area (Å²) in [4.78, 5) is 22.7. The summed E-state index contributed by atoms with van der Waals surface area (Å²) in [5.41, 5.74) is 1.73. The maximum atomic E-state index is 12.3. The molecule has 12 heteroatoms. The minimum atomic E-state index is -0.504. The lowest BCUT2D eigenvalue weighted by Crippen LogP contribution is -2.15. The number of hydrogen-bond donors (Lipinski definition) is 2. The van der Waals surface area contributed by atoms with Crippen molar-refractivity contribution in [2.45, 2.75) is 18.6 Å². The fraction of sp³-hybridized carbons (Fsp3) is 0.211. The molecule has 2 N–H and O–H groups in total. The van der Waals surface area contributed by atoms with E-state index in [1.165, 1.54) is 23.9 Å². The summed E-state index contributed by atoms with van der Waals surface area (Å²) < 4.78 is 1.77. The standard InChI is InChI=1S/C19H18Cl2N6O3S/c1-11-3-5-13(27(29)30)8-15(11)23-18(28)10-31-19-25-24-17(26(19)2)9-22-16-7-12(20)4-6-14(16)21/h3-8,22H,9-10H2,1-2H3,(H,23,28). The highest BCUT2D eigenvalue weighted by molar-refractivity contribution is 7.99. The number of amides is 1. The van der Waals surface area contributed by atoms with Gasteiger partial charge in [0.25, 0.3) is 5.69 Å². The lowest BCUT2D eigenvalue weighted by Gasteiger charge is -2.09. The molecule has 0 spiro atoms. The van der Waals surface area contributed by atoms with Crippen LogP contribution >= 0.6 is 35.0 Å². The van der Waals surface area contributed by atoms with Crippen molar-refractivity contribution in [3.8, 4) is 0 Å². The monoisotopic (exact) mass is 480 g/mol. The van der Waals surface area contributed by atoms with Crippen molar-refractivity contribution in [1.29, 1.82) is 0 Å². The van der Waals surface area contributed by atoms with E-state index in [0.717, 1.165) is 5.56 Å². The van der Waals surface area contributed by atoms with Crippen molar-refractivity contribution in [3.63, 3.8) is 0 Å². The number of nitrogens with zero attached hydrogens (tertiary/aromatic N) is 4. The number of nitro benzene ring substituents is 1. The van der Waals surface area contributed by atoms with E-state index in [4.69, 9.17) is 23.2 Å². The molecule has 1 heterocycles. The highest BCUT2D eigenvalue weighted by Crippen LogP contribution is 2.26. The lowest BCUT2D eigenvalue weighted by molar-refractivity contribution is -0.384. The summed E-state index contributed by atoms with van der Waals surface area (Å²) in [5.74, 6) is 0.414. The average molecular weight is 481 g/mol. The Kier molecular flexibility index (Phi) is 7.37. The van der Waals surface area contributed by atoms with Crippen LogP contribution in [0.5, 0.6) is 0 Å². The van der Waals surface area contributed by atoms with Crippen molar-refractivity contribution in [2.24, 2.45) is 7.05 Å². The van der Waals surface area contributed by atoms with Crippen LogP contribution in [0, 0.1) is 17.0 Å². The third-order valence-corrected chi connectivity index (χ3v) is 5.91. The van der Waals surface area contributed by atoms with Crippen molar-refractivity contribution >= 4 is 57.9 Å². The zero-order valence-electron chi connectivity index (χ0n) is 16.6. The molecule has 3 aromatic rings. The average Bonchev–Trinajstić information content (AvgIpc) is 3.08. The van der Waals surface area contributed by atoms with Crippen molar-refractivity contribution in [2.75, 3.05) is 16.4 Å². The zero-order chi connectivity index (χ0) is 22.5. The first-order chi connectivity index (χ1) is 14.7. The number of benzene rings is 2. The van der Waals surface area contributed by atoms with Gasteiger partial charge in [-0.15, -0.1) is 10.2 Å². The molecule has 0 unspecified atom stereocenters. The van der Waals surface area contributed by atoms with Gasteiger partial charge in [-0.1, -0.05) is 41.0 Å². The van der Waals surface area contributed by atoms with Crippen LogP contribution in [0.2, 0.25) is 10.0 Å². The minimum Gasteiger partial charge on any atom is -0.376 e. The summed E-state index contributed by atoms with van der Waals surface area (Å²) in [5, 5.41) is 26.7. The summed E-state index contributed by atoms with van der Waals surface area (Å²) in [6.07, 6.45) is 0. The maximum Gasteiger partial charge on any atom is 0.271 e.